The van der Waals surface area contributed by atoms with E-state index in [1.54, 1.807) is 0 Å². The smallest absolute Gasteiger partial charge is 0.0644 e. The van der Waals surface area contributed by atoms with Crippen molar-refractivity contribution in [3.05, 3.63) is 413 Å². The molecule has 0 atom stereocenters. The maximum atomic E-state index is 4.43. The second-order valence-electron chi connectivity index (χ2n) is 29.4. The van der Waals surface area contributed by atoms with Gasteiger partial charge < -0.3 is 29.4 Å². The van der Waals surface area contributed by atoms with Gasteiger partial charge in [0.25, 0.3) is 0 Å². The predicted molar refractivity (Wildman–Crippen MR) is 485 cm³/mol. The summed E-state index contributed by atoms with van der Waals surface area (Å²) in [5.41, 5.74) is 24.9. The number of rotatable bonds is 18. The van der Waals surface area contributed by atoms with Gasteiger partial charge in [-0.2, -0.15) is 0 Å². The molecule has 2 heterocycles. The molecule has 0 amide bonds. The molecule has 0 N–H and O–H groups in total. The van der Waals surface area contributed by atoms with Crippen molar-refractivity contribution in [2.45, 2.75) is 0 Å². The minimum atomic E-state index is 1.01. The molecule has 544 valence electrons. The van der Waals surface area contributed by atoms with Crippen LogP contribution < -0.4 is 29.4 Å². The summed E-state index contributed by atoms with van der Waals surface area (Å²) < 4.78 is 0. The van der Waals surface area contributed by atoms with Crippen LogP contribution in [0.4, 0.5) is 79.6 Å². The van der Waals surface area contributed by atoms with Gasteiger partial charge in [-0.05, 0) is 291 Å². The molecule has 8 heteroatoms. The summed E-state index contributed by atoms with van der Waals surface area (Å²) in [4.78, 5) is 22.3. The zero-order valence-corrected chi connectivity index (χ0v) is 63.8. The first-order valence-electron chi connectivity index (χ1n) is 38.8. The zero-order valence-electron chi connectivity index (χ0n) is 63.8. The van der Waals surface area contributed by atoms with Gasteiger partial charge >= 0.3 is 0 Å². The van der Waals surface area contributed by atoms with Crippen molar-refractivity contribution in [2.24, 2.45) is 0 Å². The van der Waals surface area contributed by atoms with Crippen LogP contribution in [-0.4, -0.2) is 38.2 Å². The summed E-state index contributed by atoms with van der Waals surface area (Å²) in [5.74, 6) is 0. The van der Waals surface area contributed by atoms with E-state index in [-0.39, 0.29) is 0 Å². The number of aromatic nitrogens is 2. The molecule has 8 nitrogen and oxygen atoms in total. The highest BCUT2D eigenvalue weighted by molar-refractivity contribution is 6.30. The van der Waals surface area contributed by atoms with E-state index in [4.69, 9.17) is 0 Å². The zero-order chi connectivity index (χ0) is 76.6. The van der Waals surface area contributed by atoms with Gasteiger partial charge in [-0.15, -0.1) is 0 Å². The van der Waals surface area contributed by atoms with Gasteiger partial charge in [0.05, 0.1) is 23.8 Å². The van der Waals surface area contributed by atoms with Crippen LogP contribution in [0.1, 0.15) is 0 Å². The molecule has 0 radical (unpaired) electrons. The molecule has 0 fully saturated rings. The maximum Gasteiger partial charge on any atom is 0.0644 e. The summed E-state index contributed by atoms with van der Waals surface area (Å²) >= 11 is 0. The van der Waals surface area contributed by atoms with Crippen LogP contribution in [0.3, 0.4) is 0 Å². The van der Waals surface area contributed by atoms with Gasteiger partial charge in [0.2, 0.25) is 0 Å². The Labute approximate surface area is 665 Å². The minimum absolute atomic E-state index is 1.01. The molecular formula is C106H80N8. The van der Waals surface area contributed by atoms with Gasteiger partial charge in [-0.1, -0.05) is 206 Å². The van der Waals surface area contributed by atoms with E-state index in [1.165, 1.54) is 121 Å². The van der Waals surface area contributed by atoms with Crippen LogP contribution in [-0.2, 0) is 0 Å². The van der Waals surface area contributed by atoms with E-state index in [1.807, 2.05) is 49.1 Å². The number of nitrogens with zero attached hydrogens (tertiary/aromatic N) is 8. The summed E-state index contributed by atoms with van der Waals surface area (Å²) in [7, 11) is 8.31. The molecule has 0 aliphatic carbocycles. The molecule has 114 heavy (non-hydrogen) atoms. The third-order valence-corrected chi connectivity index (χ3v) is 22.2. The van der Waals surface area contributed by atoms with Gasteiger partial charge in [-0.25, -0.2) is 0 Å². The van der Waals surface area contributed by atoms with Crippen LogP contribution in [0.25, 0.3) is 109 Å². The first-order chi connectivity index (χ1) is 56.2. The highest BCUT2D eigenvalue weighted by Crippen LogP contribution is 2.49. The SMILES string of the molecule is CN(C)c1ccc(N(c2ccccc2)c2ccc(-c3cc(-c4ccc(N(c5ccccc5)c5ccc(N(C)C)cc5)cc4)c4ccc5cccc6ccc3c4c65)cc2)cc1.c1ccc(N(c2ccc(-c3cc(-c4ccc(N(c5ccccc5)c5cccnc5)cc4)c4ccc5cccc6ccc3c4c65)cc2)c2cccnc2)cc1. The fraction of sp³-hybridized carbons (Fsp3) is 0.0377. The number of hydrogen-bond donors (Lipinski definition) is 0. The Hall–Kier alpha value is -14.9. The van der Waals surface area contributed by atoms with E-state index >= 15 is 0 Å². The Morgan fingerprint density at radius 3 is 0.632 bits per heavy atom. The third-order valence-electron chi connectivity index (χ3n) is 22.2. The standard InChI is InChI=1S/C56H46N4.C50H34N4/c1-57(2)43-28-32-49(33-29-43)59(45-14-7-5-8-15-45)47-24-18-39(19-25-47)53-38-54(52-37-23-42-13-11-12-41-22-36-51(53)56(52)55(41)42)40-20-26-48(27-21-40)60(46-16-9-6-10-17-46)50-34-30-44(31-35-50)58(3)4;1-3-12-39(13-4-1)53(43-16-8-30-51-33-43)41-24-18-35(19-25-41)47-32-48(46-29-23-38-11-7-10-37-22-28-45(47)50(46)49(37)38)36-20-26-42(27-21-36)54(40-14-5-2-6-15-40)44-17-9-31-52-34-44/h5-38H,1-4H3;1-34H. The average Bonchev–Trinajstić information content (AvgIpc) is 0.726. The second-order valence-corrected chi connectivity index (χ2v) is 29.4. The molecule has 18 aromatic carbocycles. The Morgan fingerprint density at radius 1 is 0.175 bits per heavy atom. The Kier molecular flexibility index (Phi) is 18.4. The van der Waals surface area contributed by atoms with Crippen molar-refractivity contribution in [3.63, 3.8) is 0 Å². The molecule has 2 aromatic heterocycles. The Bertz CT molecular complexity index is 6240. The van der Waals surface area contributed by atoms with E-state index < -0.39 is 0 Å². The summed E-state index contributed by atoms with van der Waals surface area (Å²) in [6.07, 6.45) is 7.45. The average molecular weight is 1470 g/mol. The van der Waals surface area contributed by atoms with Crippen LogP contribution in [0.15, 0.2) is 413 Å². The molecule has 0 spiro atoms. The molecular weight excluding hydrogens is 1390 g/mol. The van der Waals surface area contributed by atoms with Crippen LogP contribution in [0.2, 0.25) is 0 Å². The summed E-state index contributed by atoms with van der Waals surface area (Å²) in [6.45, 7) is 0. The van der Waals surface area contributed by atoms with Gasteiger partial charge in [-0.3, -0.25) is 9.97 Å². The van der Waals surface area contributed by atoms with Crippen molar-refractivity contribution in [3.8, 4) is 44.5 Å². The first kappa shape index (κ1) is 69.6. The summed E-state index contributed by atoms with van der Waals surface area (Å²) in [6, 6.07) is 140. The molecule has 20 rings (SSSR count). The van der Waals surface area contributed by atoms with E-state index in [0.29, 0.717) is 0 Å². The van der Waals surface area contributed by atoms with Gasteiger partial charge in [0, 0.05) is 109 Å². The van der Waals surface area contributed by atoms with Crippen molar-refractivity contribution in [1.82, 2.24) is 9.97 Å². The monoisotopic (exact) mass is 1460 g/mol. The maximum absolute atomic E-state index is 4.43. The lowest BCUT2D eigenvalue weighted by Crippen LogP contribution is -2.11. The van der Waals surface area contributed by atoms with E-state index in [2.05, 4.69) is 432 Å². The highest BCUT2D eigenvalue weighted by Gasteiger charge is 2.23. The van der Waals surface area contributed by atoms with E-state index in [9.17, 15) is 0 Å². The molecule has 0 aliphatic rings. The van der Waals surface area contributed by atoms with Gasteiger partial charge in [0.1, 0.15) is 0 Å². The quantitative estimate of drug-likeness (QED) is 0.0788. The van der Waals surface area contributed by atoms with Crippen molar-refractivity contribution in [1.29, 1.82) is 0 Å². The Morgan fingerprint density at radius 2 is 0.395 bits per heavy atom. The van der Waals surface area contributed by atoms with Crippen LogP contribution in [0.5, 0.6) is 0 Å². The molecule has 0 bridgehead atoms. The van der Waals surface area contributed by atoms with Crippen LogP contribution >= 0.6 is 0 Å². The number of para-hydroxylation sites is 4. The van der Waals surface area contributed by atoms with Crippen molar-refractivity contribution >= 4 is 144 Å². The third kappa shape index (κ3) is 13.2. The van der Waals surface area contributed by atoms with Crippen molar-refractivity contribution < 1.29 is 0 Å². The molecule has 0 saturated heterocycles. The predicted octanol–water partition coefficient (Wildman–Crippen LogP) is 28.6. The lowest BCUT2D eigenvalue weighted by atomic mass is 9.85. The lowest BCUT2D eigenvalue weighted by Gasteiger charge is -2.26. The molecule has 0 aliphatic heterocycles. The number of pyridine rings is 2. The fourth-order valence-electron chi connectivity index (χ4n) is 16.6. The molecule has 0 saturated carbocycles. The second kappa shape index (κ2) is 30.2. The lowest BCUT2D eigenvalue weighted by molar-refractivity contribution is 1.13. The van der Waals surface area contributed by atoms with Crippen molar-refractivity contribution in [2.75, 3.05) is 57.6 Å². The van der Waals surface area contributed by atoms with Gasteiger partial charge in [0.15, 0.2) is 0 Å². The number of anilines is 14. The molecule has 20 aromatic rings. The topological polar surface area (TPSA) is 45.2 Å². The number of hydrogen-bond acceptors (Lipinski definition) is 8. The highest BCUT2D eigenvalue weighted by atomic mass is 15.2. The molecule has 0 unspecified atom stereocenters. The number of benzene rings is 18. The normalized spacial score (nSPS) is 11.3. The summed E-state index contributed by atoms with van der Waals surface area (Å²) in [5, 5.41) is 15.3. The minimum Gasteiger partial charge on any atom is -0.378 e. The largest absolute Gasteiger partial charge is 0.378 e. The fourth-order valence-corrected chi connectivity index (χ4v) is 16.6. The first-order valence-corrected chi connectivity index (χ1v) is 38.8. The van der Waals surface area contributed by atoms with E-state index in [0.717, 1.165) is 68.2 Å². The Balaban J connectivity index is 0.000000154. The van der Waals surface area contributed by atoms with Crippen LogP contribution in [0, 0.1) is 0 Å².